The summed E-state index contributed by atoms with van der Waals surface area (Å²) in [6, 6.07) is 9.54. The zero-order valence-corrected chi connectivity index (χ0v) is 15.2. The molecule has 0 aliphatic rings. The van der Waals surface area contributed by atoms with Gasteiger partial charge in [0, 0.05) is 13.0 Å². The number of carbonyl (C=O) groups is 2. The number of esters is 1. The number of para-hydroxylation sites is 1. The number of ether oxygens (including phenoxy) is 2. The molecule has 0 unspecified atom stereocenters. The fraction of sp³-hybridized carbons (Fsp3) is 0.421. The quantitative estimate of drug-likeness (QED) is 0.521. The average Bonchev–Trinajstić information content (AvgIpc) is 3.12. The summed E-state index contributed by atoms with van der Waals surface area (Å²) in [6.07, 6.45) is 5.64. The van der Waals surface area contributed by atoms with Gasteiger partial charge in [0.1, 0.15) is 0 Å². The number of nitrogens with one attached hydrogen (secondary N) is 1. The topological polar surface area (TPSA) is 82.5 Å². The van der Waals surface area contributed by atoms with Crippen molar-refractivity contribution in [2.45, 2.75) is 32.1 Å². The maximum absolute atomic E-state index is 12.4. The fourth-order valence-corrected chi connectivity index (χ4v) is 2.51. The summed E-state index contributed by atoms with van der Waals surface area (Å²) in [5.41, 5.74) is 1.12. The predicted octanol–water partition coefficient (Wildman–Crippen LogP) is 2.73. The molecule has 0 saturated carbocycles. The Kier molecular flexibility index (Phi) is 7.67. The molecule has 1 N–H and O–H groups in total. The normalized spacial score (nSPS) is 10.4. The molecule has 0 aliphatic carbocycles. The Balaban J connectivity index is 1.80. The number of hydrogen-bond donors (Lipinski definition) is 1. The molecule has 2 aromatic rings. The van der Waals surface area contributed by atoms with Gasteiger partial charge in [0.05, 0.1) is 26.1 Å². The standard InChI is InChI=1S/C19H25N3O4/c1-25-16-14-22(15-10-6-5-7-11-15)21-18(16)19(24)20-13-9-4-3-8-12-17(23)26-2/h5-7,10-11,14H,3-4,8-9,12-13H2,1-2H3,(H,20,24). The minimum absolute atomic E-state index is 0.181. The highest BCUT2D eigenvalue weighted by Gasteiger charge is 2.17. The third-order valence-corrected chi connectivity index (χ3v) is 3.96. The summed E-state index contributed by atoms with van der Waals surface area (Å²) in [4.78, 5) is 23.4. The number of benzene rings is 1. The van der Waals surface area contributed by atoms with Crippen LogP contribution in [-0.2, 0) is 9.53 Å². The first-order valence-corrected chi connectivity index (χ1v) is 8.69. The SMILES string of the molecule is COC(=O)CCCCCCNC(=O)c1nn(-c2ccccc2)cc1OC. The first kappa shape index (κ1) is 19.5. The summed E-state index contributed by atoms with van der Waals surface area (Å²) in [7, 11) is 2.91. The third kappa shape index (κ3) is 5.61. The van der Waals surface area contributed by atoms with Crippen LogP contribution < -0.4 is 10.1 Å². The number of hydrogen-bond acceptors (Lipinski definition) is 5. The molecule has 0 fully saturated rings. The van der Waals surface area contributed by atoms with Gasteiger partial charge in [-0.25, -0.2) is 4.68 Å². The molecular formula is C19H25N3O4. The third-order valence-electron chi connectivity index (χ3n) is 3.96. The summed E-state index contributed by atoms with van der Waals surface area (Å²) >= 11 is 0. The van der Waals surface area contributed by atoms with Crippen LogP contribution in [0.15, 0.2) is 36.5 Å². The molecule has 0 spiro atoms. The van der Waals surface area contributed by atoms with E-state index < -0.39 is 0 Å². The van der Waals surface area contributed by atoms with Gasteiger partial charge in [0.15, 0.2) is 11.4 Å². The predicted molar refractivity (Wildman–Crippen MR) is 97.6 cm³/mol. The minimum atomic E-state index is -0.258. The van der Waals surface area contributed by atoms with Crippen molar-refractivity contribution in [2.24, 2.45) is 0 Å². The highest BCUT2D eigenvalue weighted by molar-refractivity contribution is 5.94. The number of rotatable bonds is 10. The van der Waals surface area contributed by atoms with Gasteiger partial charge < -0.3 is 14.8 Å². The molecule has 0 atom stereocenters. The Labute approximate surface area is 153 Å². The second-order valence-electron chi connectivity index (χ2n) is 5.82. The van der Waals surface area contributed by atoms with Gasteiger partial charge in [-0.2, -0.15) is 5.10 Å². The molecule has 7 heteroatoms. The summed E-state index contributed by atoms with van der Waals surface area (Å²) in [5.74, 6) is -0.00470. The molecule has 26 heavy (non-hydrogen) atoms. The maximum atomic E-state index is 12.4. The Bertz CT molecular complexity index is 713. The van der Waals surface area contributed by atoms with Crippen LogP contribution in [0.2, 0.25) is 0 Å². The molecule has 0 saturated heterocycles. The second kappa shape index (κ2) is 10.2. The number of aromatic nitrogens is 2. The van der Waals surface area contributed by atoms with Crippen LogP contribution in [-0.4, -0.2) is 42.4 Å². The van der Waals surface area contributed by atoms with Gasteiger partial charge in [-0.1, -0.05) is 31.0 Å². The van der Waals surface area contributed by atoms with Crippen molar-refractivity contribution >= 4 is 11.9 Å². The van der Waals surface area contributed by atoms with E-state index in [2.05, 4.69) is 15.2 Å². The van der Waals surface area contributed by atoms with E-state index in [0.29, 0.717) is 18.7 Å². The van der Waals surface area contributed by atoms with Gasteiger partial charge in [0.2, 0.25) is 0 Å². The van der Waals surface area contributed by atoms with E-state index in [-0.39, 0.29) is 17.6 Å². The van der Waals surface area contributed by atoms with Crippen molar-refractivity contribution in [3.8, 4) is 11.4 Å². The fourth-order valence-electron chi connectivity index (χ4n) is 2.51. The molecule has 1 aromatic carbocycles. The summed E-state index contributed by atoms with van der Waals surface area (Å²) < 4.78 is 11.5. The van der Waals surface area contributed by atoms with Crippen LogP contribution in [0.4, 0.5) is 0 Å². The van der Waals surface area contributed by atoms with E-state index in [1.165, 1.54) is 14.2 Å². The molecule has 7 nitrogen and oxygen atoms in total. The van der Waals surface area contributed by atoms with Crippen molar-refractivity contribution in [1.82, 2.24) is 15.1 Å². The van der Waals surface area contributed by atoms with Crippen molar-refractivity contribution in [3.63, 3.8) is 0 Å². The largest absolute Gasteiger partial charge is 0.493 e. The molecule has 0 bridgehead atoms. The summed E-state index contributed by atoms with van der Waals surface area (Å²) in [5, 5.41) is 7.20. The van der Waals surface area contributed by atoms with E-state index in [4.69, 9.17) is 4.74 Å². The van der Waals surface area contributed by atoms with E-state index >= 15 is 0 Å². The van der Waals surface area contributed by atoms with Gasteiger partial charge in [0.25, 0.3) is 5.91 Å². The summed E-state index contributed by atoms with van der Waals surface area (Å²) in [6.45, 7) is 0.554. The van der Waals surface area contributed by atoms with Gasteiger partial charge in [-0.3, -0.25) is 9.59 Å². The van der Waals surface area contributed by atoms with Crippen molar-refractivity contribution in [1.29, 1.82) is 0 Å². The monoisotopic (exact) mass is 359 g/mol. The second-order valence-corrected chi connectivity index (χ2v) is 5.82. The van der Waals surface area contributed by atoms with Gasteiger partial charge in [-0.15, -0.1) is 0 Å². The highest BCUT2D eigenvalue weighted by Crippen LogP contribution is 2.19. The molecule has 1 heterocycles. The molecule has 0 radical (unpaired) electrons. The Hall–Kier alpha value is -2.83. The lowest BCUT2D eigenvalue weighted by molar-refractivity contribution is -0.140. The Morgan fingerprint density at radius 1 is 1.08 bits per heavy atom. The molecule has 0 aliphatic heterocycles. The zero-order valence-electron chi connectivity index (χ0n) is 15.2. The highest BCUT2D eigenvalue weighted by atomic mass is 16.5. The van der Waals surface area contributed by atoms with Crippen LogP contribution in [0.3, 0.4) is 0 Å². The lowest BCUT2D eigenvalue weighted by Gasteiger charge is -2.05. The van der Waals surface area contributed by atoms with Crippen LogP contribution in [0.25, 0.3) is 5.69 Å². The van der Waals surface area contributed by atoms with E-state index in [1.54, 1.807) is 10.9 Å². The number of unbranched alkanes of at least 4 members (excludes halogenated alkanes) is 3. The van der Waals surface area contributed by atoms with E-state index in [0.717, 1.165) is 31.4 Å². The Morgan fingerprint density at radius 2 is 1.81 bits per heavy atom. The minimum Gasteiger partial charge on any atom is -0.493 e. The molecular weight excluding hydrogens is 334 g/mol. The number of amides is 1. The van der Waals surface area contributed by atoms with Crippen molar-refractivity contribution in [3.05, 3.63) is 42.2 Å². The molecule has 1 amide bonds. The molecule has 1 aromatic heterocycles. The van der Waals surface area contributed by atoms with Crippen molar-refractivity contribution in [2.75, 3.05) is 20.8 Å². The van der Waals surface area contributed by atoms with Gasteiger partial charge in [-0.05, 0) is 25.0 Å². The molecule has 140 valence electrons. The van der Waals surface area contributed by atoms with Gasteiger partial charge >= 0.3 is 5.97 Å². The number of nitrogens with zero attached hydrogens (tertiary/aromatic N) is 2. The average molecular weight is 359 g/mol. The first-order valence-electron chi connectivity index (χ1n) is 8.69. The maximum Gasteiger partial charge on any atom is 0.305 e. The van der Waals surface area contributed by atoms with E-state index in [1.807, 2.05) is 30.3 Å². The smallest absolute Gasteiger partial charge is 0.305 e. The zero-order chi connectivity index (χ0) is 18.8. The number of methoxy groups -OCH3 is 2. The van der Waals surface area contributed by atoms with Crippen LogP contribution in [0, 0.1) is 0 Å². The van der Waals surface area contributed by atoms with Crippen LogP contribution >= 0.6 is 0 Å². The lowest BCUT2D eigenvalue weighted by Crippen LogP contribution is -2.25. The van der Waals surface area contributed by atoms with Crippen LogP contribution in [0.5, 0.6) is 5.75 Å². The lowest BCUT2D eigenvalue weighted by atomic mass is 10.1. The Morgan fingerprint density at radius 3 is 2.50 bits per heavy atom. The van der Waals surface area contributed by atoms with Crippen LogP contribution in [0.1, 0.15) is 42.6 Å². The van der Waals surface area contributed by atoms with E-state index in [9.17, 15) is 9.59 Å². The number of carbonyl (C=O) groups excluding carboxylic acids is 2. The first-order chi connectivity index (χ1) is 12.7. The van der Waals surface area contributed by atoms with Crippen molar-refractivity contribution < 1.29 is 19.1 Å². The molecule has 2 rings (SSSR count).